The first-order chi connectivity index (χ1) is 10.1. The fourth-order valence-electron chi connectivity index (χ4n) is 1.44. The molecule has 0 atom stereocenters. The van der Waals surface area contributed by atoms with Crippen molar-refractivity contribution in [1.29, 1.82) is 0 Å². The summed E-state index contributed by atoms with van der Waals surface area (Å²) in [6, 6.07) is 10.8. The Bertz CT molecular complexity index is 685. The Morgan fingerprint density at radius 2 is 2.10 bits per heavy atom. The van der Waals surface area contributed by atoms with E-state index in [0.29, 0.717) is 4.67 Å². The third-order valence-electron chi connectivity index (χ3n) is 2.37. The van der Waals surface area contributed by atoms with Gasteiger partial charge in [-0.3, -0.25) is 4.79 Å². The summed E-state index contributed by atoms with van der Waals surface area (Å²) in [5.41, 5.74) is 0. The van der Waals surface area contributed by atoms with Gasteiger partial charge in [0.2, 0.25) is 0 Å². The van der Waals surface area contributed by atoms with Crippen LogP contribution in [0.3, 0.4) is 0 Å². The molecule has 1 aromatic heterocycles. The highest BCUT2D eigenvalue weighted by Gasteiger charge is 2.08. The number of rotatable bonds is 4. The van der Waals surface area contributed by atoms with Gasteiger partial charge in [-0.1, -0.05) is 33.8 Å². The number of halogens is 2. The lowest BCUT2D eigenvalue weighted by Crippen LogP contribution is -2.23. The van der Waals surface area contributed by atoms with Gasteiger partial charge < -0.3 is 14.5 Å². The Kier molecular flexibility index (Phi) is 5.90. The number of carbonyl (C=O) groups excluding carboxylic acids is 1. The van der Waals surface area contributed by atoms with E-state index in [1.54, 1.807) is 12.1 Å². The predicted octanol–water partition coefficient (Wildman–Crippen LogP) is 3.62. The minimum absolute atomic E-state index is 0.235. The van der Waals surface area contributed by atoms with Crippen LogP contribution in [0.25, 0.3) is 0 Å². The fraction of sp³-hybridized carbons (Fsp3) is 0.133. The van der Waals surface area contributed by atoms with Crippen LogP contribution in [-0.2, 0) is 0 Å². The van der Waals surface area contributed by atoms with E-state index in [0.717, 1.165) is 10.2 Å². The number of carbonyl (C=O) groups is 1. The monoisotopic (exact) mass is 411 g/mol. The van der Waals surface area contributed by atoms with Gasteiger partial charge in [-0.05, 0) is 46.3 Å². The van der Waals surface area contributed by atoms with Crippen LogP contribution in [-0.4, -0.2) is 19.1 Å². The molecule has 0 spiro atoms. The first kappa shape index (κ1) is 15.7. The van der Waals surface area contributed by atoms with E-state index in [4.69, 9.17) is 9.15 Å². The molecule has 0 radical (unpaired) electrons. The molecule has 1 aromatic carbocycles. The Morgan fingerprint density at radius 3 is 2.81 bits per heavy atom. The van der Waals surface area contributed by atoms with E-state index >= 15 is 0 Å². The van der Waals surface area contributed by atoms with Gasteiger partial charge in [-0.2, -0.15) is 0 Å². The molecular weight excluding hydrogens is 402 g/mol. The van der Waals surface area contributed by atoms with Crippen molar-refractivity contribution < 1.29 is 13.9 Å². The van der Waals surface area contributed by atoms with Gasteiger partial charge >= 0.3 is 0 Å². The number of ether oxygens (including phenoxy) is 1. The Hall–Kier alpha value is -1.71. The molecule has 0 aliphatic heterocycles. The van der Waals surface area contributed by atoms with Gasteiger partial charge in [0.1, 0.15) is 12.4 Å². The smallest absolute Gasteiger partial charge is 0.287 e. The second-order valence-electron chi connectivity index (χ2n) is 3.89. The third kappa shape index (κ3) is 5.29. The van der Waals surface area contributed by atoms with Crippen molar-refractivity contribution in [3.8, 4) is 17.6 Å². The maximum absolute atomic E-state index is 11.6. The molecule has 0 unspecified atom stereocenters. The number of hydrogen-bond donors (Lipinski definition) is 1. The molecule has 1 heterocycles. The number of amides is 1. The number of benzene rings is 1. The van der Waals surface area contributed by atoms with Gasteiger partial charge in [-0.25, -0.2) is 0 Å². The van der Waals surface area contributed by atoms with Crippen molar-refractivity contribution in [2.75, 3.05) is 13.2 Å². The molecular formula is C15H11Br2NO3. The molecule has 1 N–H and O–H groups in total. The molecule has 1 amide bonds. The molecule has 4 nitrogen and oxygen atoms in total. The average Bonchev–Trinajstić information content (AvgIpc) is 2.89. The van der Waals surface area contributed by atoms with Crippen molar-refractivity contribution in [1.82, 2.24) is 5.32 Å². The lowest BCUT2D eigenvalue weighted by atomic mass is 10.3. The first-order valence-corrected chi connectivity index (χ1v) is 7.61. The maximum Gasteiger partial charge on any atom is 0.287 e. The molecule has 2 aromatic rings. The largest absolute Gasteiger partial charge is 0.481 e. The molecule has 0 saturated carbocycles. The highest BCUT2D eigenvalue weighted by atomic mass is 79.9. The molecule has 2 rings (SSSR count). The minimum Gasteiger partial charge on any atom is -0.481 e. The van der Waals surface area contributed by atoms with Crippen LogP contribution in [0.4, 0.5) is 0 Å². The Labute approximate surface area is 139 Å². The summed E-state index contributed by atoms with van der Waals surface area (Å²) in [7, 11) is 0. The molecule has 0 bridgehead atoms. The van der Waals surface area contributed by atoms with Crippen LogP contribution >= 0.6 is 31.9 Å². The zero-order chi connectivity index (χ0) is 15.1. The van der Waals surface area contributed by atoms with E-state index in [1.165, 1.54) is 0 Å². The van der Waals surface area contributed by atoms with Crippen molar-refractivity contribution in [3.63, 3.8) is 0 Å². The molecule has 108 valence electrons. The zero-order valence-electron chi connectivity index (χ0n) is 10.9. The summed E-state index contributed by atoms with van der Waals surface area (Å²) >= 11 is 6.50. The van der Waals surface area contributed by atoms with Crippen molar-refractivity contribution in [3.05, 3.63) is 51.3 Å². The summed E-state index contributed by atoms with van der Waals surface area (Å²) < 4.78 is 12.0. The molecule has 0 fully saturated rings. The van der Waals surface area contributed by atoms with Crippen LogP contribution in [0, 0.1) is 11.8 Å². The quantitative estimate of drug-likeness (QED) is 0.780. The lowest BCUT2D eigenvalue weighted by Gasteiger charge is -2.01. The van der Waals surface area contributed by atoms with Crippen molar-refractivity contribution >= 4 is 37.8 Å². The Balaban J connectivity index is 1.71. The molecule has 6 heteroatoms. The van der Waals surface area contributed by atoms with E-state index in [-0.39, 0.29) is 24.8 Å². The van der Waals surface area contributed by atoms with Gasteiger partial charge in [0.05, 0.1) is 6.54 Å². The molecule has 0 saturated heterocycles. The topological polar surface area (TPSA) is 51.5 Å². The van der Waals surface area contributed by atoms with Crippen LogP contribution in [0.2, 0.25) is 0 Å². The standard InChI is InChI=1S/C15H11Br2NO3/c16-11-4-3-5-12(10-11)20-9-2-1-8-18-15(19)13-6-7-14(17)21-13/h3-7,10H,8-9H2,(H,18,19). The van der Waals surface area contributed by atoms with E-state index in [2.05, 4.69) is 49.0 Å². The first-order valence-electron chi connectivity index (χ1n) is 6.03. The van der Waals surface area contributed by atoms with Crippen LogP contribution in [0.15, 0.2) is 50.0 Å². The highest BCUT2D eigenvalue weighted by molar-refractivity contribution is 9.10. The number of nitrogens with one attached hydrogen (secondary N) is 1. The number of furan rings is 1. The minimum atomic E-state index is -0.303. The summed E-state index contributed by atoms with van der Waals surface area (Å²) in [5.74, 6) is 6.31. The van der Waals surface area contributed by atoms with Gasteiger partial charge in [0.25, 0.3) is 5.91 Å². The molecule has 21 heavy (non-hydrogen) atoms. The Morgan fingerprint density at radius 1 is 1.24 bits per heavy atom. The summed E-state index contributed by atoms with van der Waals surface area (Å²) in [6.07, 6.45) is 0. The van der Waals surface area contributed by atoms with Crippen LogP contribution in [0.1, 0.15) is 10.6 Å². The second kappa shape index (κ2) is 7.91. The maximum atomic E-state index is 11.6. The summed E-state index contributed by atoms with van der Waals surface area (Å²) in [5, 5.41) is 2.63. The summed E-state index contributed by atoms with van der Waals surface area (Å²) in [4.78, 5) is 11.6. The lowest BCUT2D eigenvalue weighted by molar-refractivity contribution is 0.0930. The van der Waals surface area contributed by atoms with Crippen LogP contribution < -0.4 is 10.1 Å². The third-order valence-corrected chi connectivity index (χ3v) is 3.29. The summed E-state index contributed by atoms with van der Waals surface area (Å²) in [6.45, 7) is 0.498. The van der Waals surface area contributed by atoms with Gasteiger partial charge in [0, 0.05) is 4.47 Å². The normalized spacial score (nSPS) is 9.62. The molecule has 0 aliphatic rings. The van der Waals surface area contributed by atoms with Gasteiger partial charge in [-0.15, -0.1) is 0 Å². The average molecular weight is 413 g/mol. The fourth-order valence-corrected chi connectivity index (χ4v) is 2.12. The van der Waals surface area contributed by atoms with E-state index in [9.17, 15) is 4.79 Å². The van der Waals surface area contributed by atoms with Crippen molar-refractivity contribution in [2.45, 2.75) is 0 Å². The zero-order valence-corrected chi connectivity index (χ0v) is 14.0. The van der Waals surface area contributed by atoms with Crippen LogP contribution in [0.5, 0.6) is 5.75 Å². The SMILES string of the molecule is O=C(NCC#CCOc1cccc(Br)c1)c1ccc(Br)o1. The second-order valence-corrected chi connectivity index (χ2v) is 5.58. The van der Waals surface area contributed by atoms with E-state index in [1.807, 2.05) is 24.3 Å². The van der Waals surface area contributed by atoms with Gasteiger partial charge in [0.15, 0.2) is 10.4 Å². The molecule has 0 aliphatic carbocycles. The van der Waals surface area contributed by atoms with E-state index < -0.39 is 0 Å². The van der Waals surface area contributed by atoms with Crippen molar-refractivity contribution in [2.24, 2.45) is 0 Å². The predicted molar refractivity (Wildman–Crippen MR) is 86.2 cm³/mol. The highest BCUT2D eigenvalue weighted by Crippen LogP contribution is 2.17. The number of hydrogen-bond acceptors (Lipinski definition) is 3.